The first-order valence-electron chi connectivity index (χ1n) is 9.37. The minimum atomic E-state index is -0.962. The van der Waals surface area contributed by atoms with Crippen LogP contribution in [0.25, 0.3) is 0 Å². The Bertz CT molecular complexity index is 744. The van der Waals surface area contributed by atoms with Gasteiger partial charge in [-0.05, 0) is 37.5 Å². The molecular formula is C20H24F2N2O3. The molecule has 1 aromatic rings. The van der Waals surface area contributed by atoms with Crippen molar-refractivity contribution in [3.63, 3.8) is 0 Å². The maximum Gasteiger partial charge on any atom is 0.233 e. The summed E-state index contributed by atoms with van der Waals surface area (Å²) in [5.41, 5.74) is 0.476. The zero-order valence-electron chi connectivity index (χ0n) is 15.6. The van der Waals surface area contributed by atoms with Gasteiger partial charge in [0, 0.05) is 20.0 Å². The van der Waals surface area contributed by atoms with Crippen LogP contribution in [0.1, 0.15) is 50.6 Å². The highest BCUT2D eigenvalue weighted by atomic mass is 19.2. The van der Waals surface area contributed by atoms with Gasteiger partial charge in [0.15, 0.2) is 11.6 Å². The van der Waals surface area contributed by atoms with Crippen LogP contribution in [0.5, 0.6) is 0 Å². The van der Waals surface area contributed by atoms with E-state index in [9.17, 15) is 23.2 Å². The van der Waals surface area contributed by atoms with Crippen LogP contribution in [0.3, 0.4) is 0 Å². The third-order valence-electron chi connectivity index (χ3n) is 5.88. The monoisotopic (exact) mass is 378 g/mol. The Morgan fingerprint density at radius 3 is 2.30 bits per heavy atom. The number of carbonyl (C=O) groups excluding carboxylic acids is 3. The number of hydrogen-bond acceptors (Lipinski definition) is 3. The maximum atomic E-state index is 13.4. The lowest BCUT2D eigenvalue weighted by Gasteiger charge is -2.26. The SMILES string of the molecule is C[C@@H](c1ccc(F)c(F)c1)N(C)C(=O)CCN1C(=O)[C@H]2CCCC[C@H]2C1=O. The van der Waals surface area contributed by atoms with Crippen molar-refractivity contribution in [2.45, 2.75) is 45.1 Å². The van der Waals surface area contributed by atoms with Gasteiger partial charge in [-0.1, -0.05) is 18.9 Å². The standard InChI is InChI=1S/C20H24F2N2O3/c1-12(13-7-8-16(21)17(22)11-13)23(2)18(25)9-10-24-19(26)14-5-3-4-6-15(14)20(24)27/h7-8,11-12,14-15H,3-6,9-10H2,1-2H3/t12-,14-,15+/m0/s1. The Morgan fingerprint density at radius 2 is 1.74 bits per heavy atom. The molecule has 27 heavy (non-hydrogen) atoms. The second-order valence-electron chi connectivity index (χ2n) is 7.43. The summed E-state index contributed by atoms with van der Waals surface area (Å²) < 4.78 is 26.5. The molecular weight excluding hydrogens is 354 g/mol. The van der Waals surface area contributed by atoms with E-state index in [1.807, 2.05) is 0 Å². The minimum Gasteiger partial charge on any atom is -0.339 e. The summed E-state index contributed by atoms with van der Waals surface area (Å²) in [6.07, 6.45) is 3.42. The number of carbonyl (C=O) groups is 3. The number of nitrogens with zero attached hydrogens (tertiary/aromatic N) is 2. The van der Waals surface area contributed by atoms with Crippen molar-refractivity contribution in [1.82, 2.24) is 9.80 Å². The Hall–Kier alpha value is -2.31. The third-order valence-corrected chi connectivity index (χ3v) is 5.88. The summed E-state index contributed by atoms with van der Waals surface area (Å²) >= 11 is 0. The predicted octanol–water partition coefficient (Wildman–Crippen LogP) is 3.05. The Kier molecular flexibility index (Phi) is 5.58. The first-order valence-corrected chi connectivity index (χ1v) is 9.37. The maximum absolute atomic E-state index is 13.4. The number of hydrogen-bond donors (Lipinski definition) is 0. The molecule has 0 radical (unpaired) electrons. The van der Waals surface area contributed by atoms with E-state index in [0.717, 1.165) is 37.8 Å². The molecule has 0 N–H and O–H groups in total. The summed E-state index contributed by atoms with van der Waals surface area (Å²) in [6, 6.07) is 3.08. The van der Waals surface area contributed by atoms with E-state index in [2.05, 4.69) is 0 Å². The zero-order valence-corrected chi connectivity index (χ0v) is 15.6. The van der Waals surface area contributed by atoms with Crippen LogP contribution in [0, 0.1) is 23.5 Å². The summed E-state index contributed by atoms with van der Waals surface area (Å²) in [5.74, 6) is -2.92. The van der Waals surface area contributed by atoms with Crippen molar-refractivity contribution in [2.24, 2.45) is 11.8 Å². The lowest BCUT2D eigenvalue weighted by Crippen LogP contribution is -2.36. The fourth-order valence-corrected chi connectivity index (χ4v) is 4.05. The Morgan fingerprint density at radius 1 is 1.15 bits per heavy atom. The summed E-state index contributed by atoms with van der Waals surface area (Å²) in [7, 11) is 1.57. The number of fused-ring (bicyclic) bond motifs is 1. The molecule has 146 valence electrons. The van der Waals surface area contributed by atoms with Crippen molar-refractivity contribution in [1.29, 1.82) is 0 Å². The molecule has 1 aliphatic carbocycles. The molecule has 7 heteroatoms. The Labute approximate surface area is 157 Å². The molecule has 1 aliphatic heterocycles. The number of benzene rings is 1. The fraction of sp³-hybridized carbons (Fsp3) is 0.550. The van der Waals surface area contributed by atoms with Crippen LogP contribution in [0.15, 0.2) is 18.2 Å². The van der Waals surface area contributed by atoms with Gasteiger partial charge in [-0.3, -0.25) is 19.3 Å². The van der Waals surface area contributed by atoms with Crippen molar-refractivity contribution in [3.05, 3.63) is 35.4 Å². The molecule has 0 aromatic heterocycles. The average molecular weight is 378 g/mol. The van der Waals surface area contributed by atoms with Crippen molar-refractivity contribution < 1.29 is 23.2 Å². The predicted molar refractivity (Wildman–Crippen MR) is 94.3 cm³/mol. The van der Waals surface area contributed by atoms with Crippen LogP contribution in [0.4, 0.5) is 8.78 Å². The van der Waals surface area contributed by atoms with Crippen LogP contribution in [-0.4, -0.2) is 41.1 Å². The van der Waals surface area contributed by atoms with Gasteiger partial charge in [-0.25, -0.2) is 8.78 Å². The number of imide groups is 1. The van der Waals surface area contributed by atoms with Crippen LogP contribution >= 0.6 is 0 Å². The van der Waals surface area contributed by atoms with Crippen molar-refractivity contribution in [2.75, 3.05) is 13.6 Å². The molecule has 0 spiro atoms. The van der Waals surface area contributed by atoms with E-state index in [-0.39, 0.29) is 42.5 Å². The molecule has 3 atom stereocenters. The quantitative estimate of drug-likeness (QED) is 0.740. The van der Waals surface area contributed by atoms with Crippen molar-refractivity contribution in [3.8, 4) is 0 Å². The van der Waals surface area contributed by atoms with Gasteiger partial charge in [-0.2, -0.15) is 0 Å². The van der Waals surface area contributed by atoms with E-state index in [1.54, 1.807) is 14.0 Å². The number of rotatable bonds is 5. The van der Waals surface area contributed by atoms with E-state index < -0.39 is 17.7 Å². The molecule has 2 aliphatic rings. The first-order chi connectivity index (χ1) is 12.8. The molecule has 5 nitrogen and oxygen atoms in total. The normalized spacial score (nSPS) is 23.3. The van der Waals surface area contributed by atoms with E-state index in [1.165, 1.54) is 15.9 Å². The zero-order chi connectivity index (χ0) is 19.7. The molecule has 1 saturated carbocycles. The largest absolute Gasteiger partial charge is 0.339 e. The molecule has 3 amide bonds. The number of likely N-dealkylation sites (tertiary alicyclic amines) is 1. The molecule has 2 fully saturated rings. The van der Waals surface area contributed by atoms with Gasteiger partial charge >= 0.3 is 0 Å². The summed E-state index contributed by atoms with van der Waals surface area (Å²) in [4.78, 5) is 40.1. The van der Waals surface area contributed by atoms with Crippen LogP contribution in [0.2, 0.25) is 0 Å². The molecule has 0 unspecified atom stereocenters. The molecule has 1 saturated heterocycles. The van der Waals surface area contributed by atoms with Crippen molar-refractivity contribution >= 4 is 17.7 Å². The average Bonchev–Trinajstić information content (AvgIpc) is 2.91. The second kappa shape index (κ2) is 7.74. The highest BCUT2D eigenvalue weighted by Crippen LogP contribution is 2.38. The smallest absolute Gasteiger partial charge is 0.233 e. The first kappa shape index (κ1) is 19.5. The topological polar surface area (TPSA) is 57.7 Å². The highest BCUT2D eigenvalue weighted by Gasteiger charge is 2.47. The van der Waals surface area contributed by atoms with Gasteiger partial charge in [-0.15, -0.1) is 0 Å². The fourth-order valence-electron chi connectivity index (χ4n) is 4.05. The lowest BCUT2D eigenvalue weighted by atomic mass is 9.81. The van der Waals surface area contributed by atoms with Gasteiger partial charge in [0.2, 0.25) is 17.7 Å². The molecule has 0 bridgehead atoms. The van der Waals surface area contributed by atoms with E-state index in [0.29, 0.717) is 5.56 Å². The van der Waals surface area contributed by atoms with Gasteiger partial charge < -0.3 is 4.90 Å². The molecule has 1 aromatic carbocycles. The van der Waals surface area contributed by atoms with E-state index >= 15 is 0 Å². The number of halogens is 2. The van der Waals surface area contributed by atoms with Gasteiger partial charge in [0.25, 0.3) is 0 Å². The molecule has 3 rings (SSSR count). The second-order valence-corrected chi connectivity index (χ2v) is 7.43. The number of amides is 3. The highest BCUT2D eigenvalue weighted by molar-refractivity contribution is 6.05. The van der Waals surface area contributed by atoms with Crippen LogP contribution < -0.4 is 0 Å². The molecule has 1 heterocycles. The van der Waals surface area contributed by atoms with Gasteiger partial charge in [0.05, 0.1) is 17.9 Å². The Balaban J connectivity index is 1.60. The summed E-state index contributed by atoms with van der Waals surface area (Å²) in [6.45, 7) is 1.78. The third kappa shape index (κ3) is 3.73. The minimum absolute atomic E-state index is 0.0153. The lowest BCUT2D eigenvalue weighted by molar-refractivity contribution is -0.141. The van der Waals surface area contributed by atoms with Gasteiger partial charge in [0.1, 0.15) is 0 Å². The van der Waals surface area contributed by atoms with E-state index in [4.69, 9.17) is 0 Å². The summed E-state index contributed by atoms with van der Waals surface area (Å²) in [5, 5.41) is 0. The van der Waals surface area contributed by atoms with Crippen LogP contribution in [-0.2, 0) is 14.4 Å².